The molecule has 4 rings (SSSR count). The highest BCUT2D eigenvalue weighted by Crippen LogP contribution is 2.25. The molecule has 2 heterocycles. The Hall–Kier alpha value is -2.51. The van der Waals surface area contributed by atoms with Gasteiger partial charge in [0.25, 0.3) is 0 Å². The molecule has 0 N–H and O–H groups in total. The van der Waals surface area contributed by atoms with Gasteiger partial charge >= 0.3 is 0 Å². The number of rotatable bonds is 6. The van der Waals surface area contributed by atoms with Crippen LogP contribution >= 0.6 is 15.9 Å². The molecule has 1 saturated heterocycles. The molecule has 29 heavy (non-hydrogen) atoms. The Balaban J connectivity index is 1.32. The Morgan fingerprint density at radius 1 is 1.17 bits per heavy atom. The zero-order valence-electron chi connectivity index (χ0n) is 16.2. The molecule has 1 aromatic heterocycles. The summed E-state index contributed by atoms with van der Waals surface area (Å²) in [5.41, 5.74) is 1.64. The molecule has 0 atom stereocenters. The lowest BCUT2D eigenvalue weighted by molar-refractivity contribution is 0.0827. The van der Waals surface area contributed by atoms with Crippen molar-refractivity contribution in [3.8, 4) is 17.2 Å². The minimum atomic E-state index is 0.0551. The topological polar surface area (TPSA) is 68.5 Å². The van der Waals surface area contributed by atoms with E-state index in [9.17, 15) is 4.79 Å². The fourth-order valence-corrected chi connectivity index (χ4v) is 3.99. The van der Waals surface area contributed by atoms with Crippen LogP contribution in [0.2, 0.25) is 0 Å². The molecule has 1 aliphatic rings. The lowest BCUT2D eigenvalue weighted by atomic mass is 9.89. The minimum absolute atomic E-state index is 0.0551. The van der Waals surface area contributed by atoms with Gasteiger partial charge in [-0.05, 0) is 68.4 Å². The van der Waals surface area contributed by atoms with E-state index in [0.717, 1.165) is 47.3 Å². The van der Waals surface area contributed by atoms with Crippen molar-refractivity contribution in [2.45, 2.75) is 19.4 Å². The normalized spacial score (nSPS) is 15.4. The quantitative estimate of drug-likeness (QED) is 0.505. The summed E-state index contributed by atoms with van der Waals surface area (Å²) in [7, 11) is 1.62. The van der Waals surface area contributed by atoms with E-state index < -0.39 is 0 Å². The lowest BCUT2D eigenvalue weighted by Crippen LogP contribution is -2.36. The number of benzene rings is 2. The van der Waals surface area contributed by atoms with E-state index in [1.165, 1.54) is 0 Å². The summed E-state index contributed by atoms with van der Waals surface area (Å²) in [4.78, 5) is 15.0. The van der Waals surface area contributed by atoms with Crippen LogP contribution in [0.4, 0.5) is 0 Å². The smallest absolute Gasteiger partial charge is 0.247 e. The molecule has 1 aliphatic heterocycles. The van der Waals surface area contributed by atoms with E-state index in [-0.39, 0.29) is 11.7 Å². The summed E-state index contributed by atoms with van der Waals surface area (Å²) >= 11 is 3.46. The molecular formula is C22H22BrN3O3. The number of hydrogen-bond acceptors (Lipinski definition) is 6. The molecule has 0 aliphatic carbocycles. The van der Waals surface area contributed by atoms with Crippen molar-refractivity contribution in [1.29, 1.82) is 0 Å². The predicted octanol–water partition coefficient (Wildman–Crippen LogP) is 4.60. The Labute approximate surface area is 178 Å². The number of carbonyl (C=O) groups excluding carboxylic acids is 1. The van der Waals surface area contributed by atoms with Gasteiger partial charge in [0.05, 0.1) is 13.7 Å². The van der Waals surface area contributed by atoms with Crippen LogP contribution in [0.1, 0.15) is 29.1 Å². The summed E-state index contributed by atoms with van der Waals surface area (Å²) in [5, 5.41) is 8.34. The van der Waals surface area contributed by atoms with E-state index in [0.29, 0.717) is 18.3 Å². The second-order valence-corrected chi connectivity index (χ2v) is 8.07. The fourth-order valence-electron chi connectivity index (χ4n) is 3.59. The third kappa shape index (κ3) is 4.74. The van der Waals surface area contributed by atoms with Crippen molar-refractivity contribution >= 4 is 21.7 Å². The van der Waals surface area contributed by atoms with Crippen molar-refractivity contribution < 1.29 is 13.9 Å². The maximum absolute atomic E-state index is 12.7. The van der Waals surface area contributed by atoms with Crippen LogP contribution in [-0.2, 0) is 6.54 Å². The highest BCUT2D eigenvalue weighted by molar-refractivity contribution is 9.10. The number of nitrogens with zero attached hydrogens (tertiary/aromatic N) is 3. The van der Waals surface area contributed by atoms with Crippen molar-refractivity contribution in [2.24, 2.45) is 5.92 Å². The molecule has 7 heteroatoms. The average Bonchev–Trinajstić information content (AvgIpc) is 3.22. The maximum Gasteiger partial charge on any atom is 0.247 e. The number of piperidine rings is 1. The van der Waals surface area contributed by atoms with Crippen molar-refractivity contribution in [1.82, 2.24) is 15.1 Å². The predicted molar refractivity (Wildman–Crippen MR) is 113 cm³/mol. The number of hydrogen-bond donors (Lipinski definition) is 0. The second-order valence-electron chi connectivity index (χ2n) is 7.15. The Morgan fingerprint density at radius 2 is 1.93 bits per heavy atom. The number of carbonyl (C=O) groups is 1. The largest absolute Gasteiger partial charge is 0.497 e. The minimum Gasteiger partial charge on any atom is -0.497 e. The monoisotopic (exact) mass is 455 g/mol. The first-order valence-electron chi connectivity index (χ1n) is 9.61. The zero-order valence-corrected chi connectivity index (χ0v) is 17.8. The third-order valence-electron chi connectivity index (χ3n) is 5.23. The van der Waals surface area contributed by atoms with Gasteiger partial charge in [0.1, 0.15) is 5.75 Å². The molecule has 0 radical (unpaired) electrons. The maximum atomic E-state index is 12.7. The van der Waals surface area contributed by atoms with Crippen molar-refractivity contribution in [3.05, 3.63) is 64.5 Å². The van der Waals surface area contributed by atoms with Crippen LogP contribution < -0.4 is 4.74 Å². The molecule has 0 saturated carbocycles. The van der Waals surface area contributed by atoms with E-state index in [1.54, 1.807) is 7.11 Å². The number of aromatic nitrogens is 2. The number of halogens is 1. The van der Waals surface area contributed by atoms with E-state index in [4.69, 9.17) is 9.15 Å². The summed E-state index contributed by atoms with van der Waals surface area (Å²) in [6, 6.07) is 15.1. The Morgan fingerprint density at radius 3 is 2.62 bits per heavy atom. The van der Waals surface area contributed by atoms with Gasteiger partial charge in [-0.1, -0.05) is 22.0 Å². The highest BCUT2D eigenvalue weighted by atomic mass is 79.9. The SMILES string of the molecule is COc1ccc(C(=O)C2CCN(Cc3nnc(-c4cccc(Br)c4)o3)CC2)cc1. The number of methoxy groups -OCH3 is 1. The number of likely N-dealkylation sites (tertiary alicyclic amines) is 1. The van der Waals surface area contributed by atoms with Crippen LogP contribution in [0.5, 0.6) is 5.75 Å². The van der Waals surface area contributed by atoms with Crippen LogP contribution in [0.25, 0.3) is 11.5 Å². The van der Waals surface area contributed by atoms with E-state index in [1.807, 2.05) is 48.5 Å². The molecule has 0 spiro atoms. The Kier molecular flexibility index (Phi) is 6.06. The summed E-state index contributed by atoms with van der Waals surface area (Å²) in [6.07, 6.45) is 1.66. The zero-order chi connectivity index (χ0) is 20.2. The van der Waals surface area contributed by atoms with Crippen molar-refractivity contribution in [2.75, 3.05) is 20.2 Å². The average molecular weight is 456 g/mol. The molecule has 0 bridgehead atoms. The lowest BCUT2D eigenvalue weighted by Gasteiger charge is -2.30. The standard InChI is InChI=1S/C22H22BrN3O3/c1-28-19-7-5-15(6-8-19)21(27)16-9-11-26(12-10-16)14-20-24-25-22(29-20)17-3-2-4-18(23)13-17/h2-8,13,16H,9-12,14H2,1H3. The van der Waals surface area contributed by atoms with Gasteiger partial charge in [0, 0.05) is 21.5 Å². The number of ketones is 1. The van der Waals surface area contributed by atoms with Crippen LogP contribution in [0.3, 0.4) is 0 Å². The molecule has 3 aromatic rings. The second kappa shape index (κ2) is 8.88. The van der Waals surface area contributed by atoms with Gasteiger partial charge < -0.3 is 9.15 Å². The molecule has 1 fully saturated rings. The summed E-state index contributed by atoms with van der Waals surface area (Å²) in [5.74, 6) is 2.14. The molecule has 0 unspecified atom stereocenters. The van der Waals surface area contributed by atoms with E-state index >= 15 is 0 Å². The van der Waals surface area contributed by atoms with Crippen LogP contribution in [0.15, 0.2) is 57.4 Å². The summed E-state index contributed by atoms with van der Waals surface area (Å²) < 4.78 is 12.0. The van der Waals surface area contributed by atoms with Gasteiger partial charge in [0.2, 0.25) is 11.8 Å². The molecule has 150 valence electrons. The van der Waals surface area contributed by atoms with Gasteiger partial charge in [-0.2, -0.15) is 0 Å². The number of ether oxygens (including phenoxy) is 1. The first kappa shape index (κ1) is 19.8. The van der Waals surface area contributed by atoms with Gasteiger partial charge in [-0.25, -0.2) is 0 Å². The highest BCUT2D eigenvalue weighted by Gasteiger charge is 2.26. The molecular weight excluding hydrogens is 434 g/mol. The van der Waals surface area contributed by atoms with E-state index in [2.05, 4.69) is 31.0 Å². The van der Waals surface area contributed by atoms with Crippen LogP contribution in [-0.4, -0.2) is 41.1 Å². The van der Waals surface area contributed by atoms with Crippen LogP contribution in [0, 0.1) is 5.92 Å². The molecule has 2 aromatic carbocycles. The molecule has 6 nitrogen and oxygen atoms in total. The first-order valence-corrected chi connectivity index (χ1v) is 10.4. The first-order chi connectivity index (χ1) is 14.1. The van der Waals surface area contributed by atoms with Gasteiger partial charge in [0.15, 0.2) is 5.78 Å². The van der Waals surface area contributed by atoms with Gasteiger partial charge in [-0.15, -0.1) is 10.2 Å². The van der Waals surface area contributed by atoms with Gasteiger partial charge in [-0.3, -0.25) is 9.69 Å². The third-order valence-corrected chi connectivity index (χ3v) is 5.72. The Bertz CT molecular complexity index is 979. The number of Topliss-reactive ketones (excluding diaryl/α,β-unsaturated/α-hetero) is 1. The fraction of sp³-hybridized carbons (Fsp3) is 0.318. The van der Waals surface area contributed by atoms with Crippen molar-refractivity contribution in [3.63, 3.8) is 0 Å². The molecule has 0 amide bonds. The summed E-state index contributed by atoms with van der Waals surface area (Å²) in [6.45, 7) is 2.27.